The van der Waals surface area contributed by atoms with Crippen LogP contribution in [-0.2, 0) is 16.5 Å². The van der Waals surface area contributed by atoms with E-state index in [-0.39, 0.29) is 34.5 Å². The number of unbranched alkanes of at least 4 members (excludes halogenated alkanes) is 12. The quantitative estimate of drug-likeness (QED) is 0.165. The second-order valence-corrected chi connectivity index (χ2v) is 10.3. The van der Waals surface area contributed by atoms with E-state index in [1.165, 1.54) is 96.0 Å². The zero-order valence-corrected chi connectivity index (χ0v) is 23.4. The van der Waals surface area contributed by atoms with Crippen LogP contribution >= 0.6 is 0 Å². The summed E-state index contributed by atoms with van der Waals surface area (Å²) in [6.07, 6.45) is 21.1. The number of benzene rings is 1. The second-order valence-electron chi connectivity index (χ2n) is 8.95. The Balaban J connectivity index is 0.00000900. The van der Waals surface area contributed by atoms with Crippen molar-refractivity contribution in [1.82, 2.24) is 0 Å². The third-order valence-electron chi connectivity index (χ3n) is 6.18. The van der Waals surface area contributed by atoms with Gasteiger partial charge < -0.3 is 4.55 Å². The molecule has 1 rings (SSSR count). The van der Waals surface area contributed by atoms with Crippen molar-refractivity contribution in [2.75, 3.05) is 0 Å². The Labute approximate surface area is 215 Å². The van der Waals surface area contributed by atoms with E-state index in [0.29, 0.717) is 17.9 Å². The average molecular weight is 461 g/mol. The van der Waals surface area contributed by atoms with Crippen molar-refractivity contribution in [2.45, 2.75) is 128 Å². The summed E-state index contributed by atoms with van der Waals surface area (Å²) in [7, 11) is -4.40. The molecule has 31 heavy (non-hydrogen) atoms. The molecule has 5 heteroatoms. The van der Waals surface area contributed by atoms with Crippen molar-refractivity contribution in [3.05, 3.63) is 29.8 Å². The third-order valence-corrected chi connectivity index (χ3v) is 7.12. The Bertz CT molecular complexity index is 646. The van der Waals surface area contributed by atoms with Crippen LogP contribution in [0.1, 0.15) is 122 Å². The largest absolute Gasteiger partial charge is 1.00 e. The van der Waals surface area contributed by atoms with Crippen molar-refractivity contribution in [2.24, 2.45) is 5.92 Å². The molecule has 0 bridgehead atoms. The van der Waals surface area contributed by atoms with Gasteiger partial charge in [-0.25, -0.2) is 8.42 Å². The van der Waals surface area contributed by atoms with Gasteiger partial charge in [0.05, 0.1) is 4.90 Å². The van der Waals surface area contributed by atoms with Crippen molar-refractivity contribution >= 4 is 10.1 Å². The SMILES string of the molecule is CCCCCCCCCCC(CCCCCCCC)Cc1ccccc1S(=O)(=O)[O-].[Na+]. The van der Waals surface area contributed by atoms with Gasteiger partial charge in [0.25, 0.3) is 0 Å². The van der Waals surface area contributed by atoms with Gasteiger partial charge in [-0.05, 0) is 24.0 Å². The molecule has 174 valence electrons. The zero-order valence-electron chi connectivity index (χ0n) is 20.5. The van der Waals surface area contributed by atoms with Crippen molar-refractivity contribution in [3.63, 3.8) is 0 Å². The van der Waals surface area contributed by atoms with Crippen LogP contribution in [0, 0.1) is 5.92 Å². The molecular formula is C26H45NaO3S. The predicted octanol–water partition coefficient (Wildman–Crippen LogP) is 5.03. The molecule has 0 aliphatic heterocycles. The molecule has 0 fully saturated rings. The van der Waals surface area contributed by atoms with Gasteiger partial charge in [0, 0.05) is 0 Å². The summed E-state index contributed by atoms with van der Waals surface area (Å²) in [5.41, 5.74) is 0.711. The number of rotatable bonds is 19. The van der Waals surface area contributed by atoms with Crippen LogP contribution in [0.3, 0.4) is 0 Å². The smallest absolute Gasteiger partial charge is 0.744 e. The molecule has 0 aromatic heterocycles. The maximum Gasteiger partial charge on any atom is 1.00 e. The van der Waals surface area contributed by atoms with Crippen LogP contribution in [0.15, 0.2) is 29.2 Å². The minimum Gasteiger partial charge on any atom is -0.744 e. The molecule has 0 radical (unpaired) electrons. The van der Waals surface area contributed by atoms with E-state index >= 15 is 0 Å². The fourth-order valence-corrected chi connectivity index (χ4v) is 5.07. The Hall–Kier alpha value is 0.130. The fraction of sp³-hybridized carbons (Fsp3) is 0.769. The maximum absolute atomic E-state index is 11.6. The molecule has 0 N–H and O–H groups in total. The van der Waals surface area contributed by atoms with Crippen molar-refractivity contribution in [1.29, 1.82) is 0 Å². The Morgan fingerprint density at radius 1 is 0.710 bits per heavy atom. The molecule has 1 atom stereocenters. The van der Waals surface area contributed by atoms with Gasteiger partial charge in [-0.1, -0.05) is 135 Å². The van der Waals surface area contributed by atoms with E-state index in [4.69, 9.17) is 0 Å². The topological polar surface area (TPSA) is 57.2 Å². The van der Waals surface area contributed by atoms with Crippen LogP contribution < -0.4 is 29.6 Å². The minimum atomic E-state index is -4.40. The van der Waals surface area contributed by atoms with Crippen LogP contribution in [-0.4, -0.2) is 13.0 Å². The summed E-state index contributed by atoms with van der Waals surface area (Å²) < 4.78 is 34.9. The summed E-state index contributed by atoms with van der Waals surface area (Å²) in [5.74, 6) is 0.471. The molecule has 0 aliphatic carbocycles. The Kier molecular flexibility index (Phi) is 19.7. The van der Waals surface area contributed by atoms with Gasteiger partial charge in [-0.2, -0.15) is 0 Å². The van der Waals surface area contributed by atoms with Gasteiger partial charge in [-0.3, -0.25) is 0 Å². The number of hydrogen-bond donors (Lipinski definition) is 0. The second kappa shape index (κ2) is 19.6. The van der Waals surface area contributed by atoms with Gasteiger partial charge in [0.15, 0.2) is 0 Å². The monoisotopic (exact) mass is 460 g/mol. The summed E-state index contributed by atoms with van der Waals surface area (Å²) >= 11 is 0. The van der Waals surface area contributed by atoms with Gasteiger partial charge >= 0.3 is 29.6 Å². The van der Waals surface area contributed by atoms with E-state index < -0.39 is 10.1 Å². The fourth-order valence-electron chi connectivity index (χ4n) is 4.36. The molecule has 1 unspecified atom stereocenters. The van der Waals surface area contributed by atoms with E-state index in [9.17, 15) is 13.0 Å². The van der Waals surface area contributed by atoms with Crippen molar-refractivity contribution < 1.29 is 42.5 Å². The van der Waals surface area contributed by atoms with Crippen LogP contribution in [0.25, 0.3) is 0 Å². The maximum atomic E-state index is 11.6. The molecule has 0 saturated heterocycles. The molecule has 0 saturated carbocycles. The first-order valence-corrected chi connectivity index (χ1v) is 13.9. The predicted molar refractivity (Wildman–Crippen MR) is 127 cm³/mol. The summed E-state index contributed by atoms with van der Waals surface area (Å²) in [6, 6.07) is 6.79. The van der Waals surface area contributed by atoms with Crippen LogP contribution in [0.2, 0.25) is 0 Å². The summed E-state index contributed by atoms with van der Waals surface area (Å²) in [5, 5.41) is 0. The van der Waals surface area contributed by atoms with E-state index in [1.807, 2.05) is 12.1 Å². The first-order chi connectivity index (χ1) is 14.5. The molecule has 1 aromatic rings. The van der Waals surface area contributed by atoms with E-state index in [2.05, 4.69) is 13.8 Å². The molecule has 0 spiro atoms. The summed E-state index contributed by atoms with van der Waals surface area (Å²) in [4.78, 5) is -0.0196. The van der Waals surface area contributed by atoms with Crippen molar-refractivity contribution in [3.8, 4) is 0 Å². The Morgan fingerprint density at radius 3 is 1.58 bits per heavy atom. The van der Waals surface area contributed by atoms with Crippen LogP contribution in [0.4, 0.5) is 0 Å². The molecule has 3 nitrogen and oxygen atoms in total. The van der Waals surface area contributed by atoms with Gasteiger partial charge in [0.1, 0.15) is 10.1 Å². The average Bonchev–Trinajstić information content (AvgIpc) is 2.71. The first-order valence-electron chi connectivity index (χ1n) is 12.5. The molecule has 0 heterocycles. The first kappa shape index (κ1) is 31.1. The number of hydrogen-bond acceptors (Lipinski definition) is 3. The van der Waals surface area contributed by atoms with E-state index in [1.54, 1.807) is 6.07 Å². The van der Waals surface area contributed by atoms with Gasteiger partial charge in [-0.15, -0.1) is 0 Å². The molecule has 0 amide bonds. The zero-order chi connectivity index (χ0) is 22.1. The summed E-state index contributed by atoms with van der Waals surface area (Å²) in [6.45, 7) is 4.49. The third kappa shape index (κ3) is 15.6. The molecule has 0 aliphatic rings. The molecular weight excluding hydrogens is 415 g/mol. The van der Waals surface area contributed by atoms with Gasteiger partial charge in [0.2, 0.25) is 0 Å². The standard InChI is InChI=1S/C26H46O3S.Na/c1-3-5-7-9-11-12-14-16-20-24(19-15-13-10-8-6-4-2)23-25-21-17-18-22-26(25)30(27,28)29;/h17-18,21-22,24H,3-16,19-20,23H2,1-2H3,(H,27,28,29);/q;+1/p-1. The van der Waals surface area contributed by atoms with Crippen LogP contribution in [0.5, 0.6) is 0 Å². The molecule has 1 aromatic carbocycles. The van der Waals surface area contributed by atoms with E-state index in [0.717, 1.165) is 12.8 Å². The Morgan fingerprint density at radius 2 is 1.13 bits per heavy atom. The minimum absolute atomic E-state index is 0. The normalized spacial score (nSPS) is 12.5.